The summed E-state index contributed by atoms with van der Waals surface area (Å²) < 4.78 is 0. The standard InChI is InChI=1S/C25H27N3OS/c1-19(30-18-20-7-3-2-4-8-20)25(29)27-16-21-11-12-24(26-15-21)28-14-13-22-9-5-6-10-23(22)17-28/h2-12,15,19H,13-14,16-18H2,1H3,(H,27,29). The van der Waals surface area contributed by atoms with Crippen LogP contribution < -0.4 is 10.2 Å². The van der Waals surface area contributed by atoms with Gasteiger partial charge in [0.1, 0.15) is 5.82 Å². The highest BCUT2D eigenvalue weighted by atomic mass is 32.2. The van der Waals surface area contributed by atoms with E-state index in [2.05, 4.69) is 63.7 Å². The van der Waals surface area contributed by atoms with Crippen molar-refractivity contribution in [3.8, 4) is 0 Å². The fourth-order valence-electron chi connectivity index (χ4n) is 3.60. The van der Waals surface area contributed by atoms with Gasteiger partial charge in [-0.05, 0) is 41.7 Å². The van der Waals surface area contributed by atoms with E-state index >= 15 is 0 Å². The minimum atomic E-state index is -0.0918. The predicted octanol–water partition coefficient (Wildman–Crippen LogP) is 4.58. The lowest BCUT2D eigenvalue weighted by molar-refractivity contribution is -0.120. The number of rotatable bonds is 7. The molecule has 2 heterocycles. The summed E-state index contributed by atoms with van der Waals surface area (Å²) in [5.41, 5.74) is 5.07. The molecule has 0 bridgehead atoms. The predicted molar refractivity (Wildman–Crippen MR) is 124 cm³/mol. The molecule has 0 saturated carbocycles. The van der Waals surface area contributed by atoms with Crippen LogP contribution in [0.3, 0.4) is 0 Å². The molecule has 0 aliphatic carbocycles. The Balaban J connectivity index is 1.26. The van der Waals surface area contributed by atoms with E-state index in [1.165, 1.54) is 16.7 Å². The van der Waals surface area contributed by atoms with Crippen molar-refractivity contribution in [1.29, 1.82) is 0 Å². The molecule has 1 aromatic heterocycles. The lowest BCUT2D eigenvalue weighted by atomic mass is 10.00. The van der Waals surface area contributed by atoms with E-state index < -0.39 is 0 Å². The van der Waals surface area contributed by atoms with Crippen LogP contribution in [-0.2, 0) is 30.1 Å². The van der Waals surface area contributed by atoms with Crippen LogP contribution in [0.1, 0.15) is 29.2 Å². The summed E-state index contributed by atoms with van der Waals surface area (Å²) in [4.78, 5) is 19.4. The van der Waals surface area contributed by atoms with E-state index in [4.69, 9.17) is 0 Å². The number of benzene rings is 2. The molecular weight excluding hydrogens is 390 g/mol. The SMILES string of the molecule is CC(SCc1ccccc1)C(=O)NCc1ccc(N2CCc3ccccc3C2)nc1. The highest BCUT2D eigenvalue weighted by Crippen LogP contribution is 2.23. The second-order valence-corrected chi connectivity index (χ2v) is 8.95. The van der Waals surface area contributed by atoms with Gasteiger partial charge in [-0.25, -0.2) is 4.98 Å². The number of hydrogen-bond donors (Lipinski definition) is 1. The molecule has 4 nitrogen and oxygen atoms in total. The molecule has 0 fully saturated rings. The molecule has 1 unspecified atom stereocenters. The molecule has 1 N–H and O–H groups in total. The number of nitrogens with one attached hydrogen (secondary N) is 1. The first-order valence-electron chi connectivity index (χ1n) is 10.4. The number of pyridine rings is 1. The molecule has 0 saturated heterocycles. The third kappa shape index (κ3) is 5.22. The Morgan fingerprint density at radius 3 is 2.57 bits per heavy atom. The van der Waals surface area contributed by atoms with Crippen molar-refractivity contribution in [2.24, 2.45) is 0 Å². The number of carbonyl (C=O) groups excluding carboxylic acids is 1. The summed E-state index contributed by atoms with van der Waals surface area (Å²) in [6.45, 7) is 4.34. The molecule has 0 spiro atoms. The fourth-order valence-corrected chi connectivity index (χ4v) is 4.47. The van der Waals surface area contributed by atoms with Gasteiger partial charge in [-0.1, -0.05) is 60.7 Å². The number of fused-ring (bicyclic) bond motifs is 1. The third-order valence-electron chi connectivity index (χ3n) is 5.44. The zero-order chi connectivity index (χ0) is 20.8. The normalized spacial score (nSPS) is 14.1. The largest absolute Gasteiger partial charge is 0.352 e. The Kier molecular flexibility index (Phi) is 6.70. The topological polar surface area (TPSA) is 45.2 Å². The van der Waals surface area contributed by atoms with Crippen LogP contribution in [0.5, 0.6) is 0 Å². The number of hydrogen-bond acceptors (Lipinski definition) is 4. The van der Waals surface area contributed by atoms with Crippen molar-refractivity contribution in [2.45, 2.75) is 37.4 Å². The maximum absolute atomic E-state index is 12.4. The first kappa shape index (κ1) is 20.5. The molecule has 3 aromatic rings. The van der Waals surface area contributed by atoms with Crippen LogP contribution in [0.2, 0.25) is 0 Å². The average molecular weight is 418 g/mol. The molecule has 2 aromatic carbocycles. The van der Waals surface area contributed by atoms with Crippen LogP contribution in [0, 0.1) is 0 Å². The number of thioether (sulfide) groups is 1. The van der Waals surface area contributed by atoms with Crippen molar-refractivity contribution in [2.75, 3.05) is 11.4 Å². The minimum Gasteiger partial charge on any atom is -0.352 e. The zero-order valence-electron chi connectivity index (χ0n) is 17.3. The van der Waals surface area contributed by atoms with Crippen molar-refractivity contribution < 1.29 is 4.79 Å². The van der Waals surface area contributed by atoms with E-state index in [-0.39, 0.29) is 11.2 Å². The van der Waals surface area contributed by atoms with Gasteiger partial charge in [-0.2, -0.15) is 0 Å². The maximum Gasteiger partial charge on any atom is 0.233 e. The highest BCUT2D eigenvalue weighted by Gasteiger charge is 2.17. The molecular formula is C25H27N3OS. The highest BCUT2D eigenvalue weighted by molar-refractivity contribution is 7.99. The molecule has 1 atom stereocenters. The molecule has 0 radical (unpaired) electrons. The first-order chi connectivity index (χ1) is 14.7. The monoisotopic (exact) mass is 417 g/mol. The van der Waals surface area contributed by atoms with Gasteiger partial charge in [0.05, 0.1) is 5.25 Å². The van der Waals surface area contributed by atoms with Gasteiger partial charge in [0.2, 0.25) is 5.91 Å². The zero-order valence-corrected chi connectivity index (χ0v) is 18.1. The summed E-state index contributed by atoms with van der Waals surface area (Å²) in [5, 5.41) is 2.94. The van der Waals surface area contributed by atoms with E-state index in [0.717, 1.165) is 36.6 Å². The summed E-state index contributed by atoms with van der Waals surface area (Å²) >= 11 is 1.65. The van der Waals surface area contributed by atoms with Crippen LogP contribution in [0.4, 0.5) is 5.82 Å². The number of amides is 1. The molecule has 5 heteroatoms. The lowest BCUT2D eigenvalue weighted by Gasteiger charge is -2.29. The molecule has 4 rings (SSSR count). The van der Waals surface area contributed by atoms with Gasteiger partial charge in [-0.3, -0.25) is 4.79 Å². The Morgan fingerprint density at radius 2 is 1.80 bits per heavy atom. The van der Waals surface area contributed by atoms with Gasteiger partial charge < -0.3 is 10.2 Å². The average Bonchev–Trinajstić information content (AvgIpc) is 2.81. The second-order valence-electron chi connectivity index (χ2n) is 7.62. The van der Waals surface area contributed by atoms with Crippen molar-refractivity contribution in [3.63, 3.8) is 0 Å². The van der Waals surface area contributed by atoms with Crippen LogP contribution in [0.15, 0.2) is 72.9 Å². The van der Waals surface area contributed by atoms with Gasteiger partial charge in [0.15, 0.2) is 0 Å². The quantitative estimate of drug-likeness (QED) is 0.611. The molecule has 154 valence electrons. The number of anilines is 1. The van der Waals surface area contributed by atoms with E-state index in [1.807, 2.05) is 31.3 Å². The van der Waals surface area contributed by atoms with E-state index in [1.54, 1.807) is 11.8 Å². The molecule has 30 heavy (non-hydrogen) atoms. The summed E-state index contributed by atoms with van der Waals surface area (Å²) in [5.74, 6) is 1.89. The van der Waals surface area contributed by atoms with Crippen molar-refractivity contribution in [1.82, 2.24) is 10.3 Å². The van der Waals surface area contributed by atoms with Gasteiger partial charge >= 0.3 is 0 Å². The Morgan fingerprint density at radius 1 is 1.03 bits per heavy atom. The summed E-state index contributed by atoms with van der Waals surface area (Å²) in [6, 6.07) is 23.0. The smallest absolute Gasteiger partial charge is 0.233 e. The van der Waals surface area contributed by atoms with Crippen molar-refractivity contribution in [3.05, 3.63) is 95.2 Å². The maximum atomic E-state index is 12.4. The molecule has 1 aliphatic rings. The Labute approximate surface area is 182 Å². The van der Waals surface area contributed by atoms with E-state index in [0.29, 0.717) is 6.54 Å². The van der Waals surface area contributed by atoms with Crippen LogP contribution in [0.25, 0.3) is 0 Å². The lowest BCUT2D eigenvalue weighted by Crippen LogP contribution is -2.31. The number of aromatic nitrogens is 1. The van der Waals surface area contributed by atoms with Crippen LogP contribution in [-0.4, -0.2) is 22.7 Å². The van der Waals surface area contributed by atoms with Crippen molar-refractivity contribution >= 4 is 23.5 Å². The number of nitrogens with zero attached hydrogens (tertiary/aromatic N) is 2. The van der Waals surface area contributed by atoms with Gasteiger partial charge in [-0.15, -0.1) is 11.8 Å². The first-order valence-corrected chi connectivity index (χ1v) is 11.4. The minimum absolute atomic E-state index is 0.0626. The molecule has 1 aliphatic heterocycles. The molecule has 1 amide bonds. The summed E-state index contributed by atoms with van der Waals surface area (Å²) in [6.07, 6.45) is 2.92. The summed E-state index contributed by atoms with van der Waals surface area (Å²) in [7, 11) is 0. The fraction of sp³-hybridized carbons (Fsp3) is 0.280. The third-order valence-corrected chi connectivity index (χ3v) is 6.66. The van der Waals surface area contributed by atoms with Gasteiger partial charge in [0, 0.05) is 31.6 Å². The second kappa shape index (κ2) is 9.81. The van der Waals surface area contributed by atoms with E-state index in [9.17, 15) is 4.79 Å². The van der Waals surface area contributed by atoms with Crippen LogP contribution >= 0.6 is 11.8 Å². The number of carbonyl (C=O) groups is 1. The van der Waals surface area contributed by atoms with Gasteiger partial charge in [0.25, 0.3) is 0 Å². The Bertz CT molecular complexity index is 975. The Hall–Kier alpha value is -2.79.